The van der Waals surface area contributed by atoms with E-state index in [9.17, 15) is 5.11 Å². The summed E-state index contributed by atoms with van der Waals surface area (Å²) < 4.78 is 5.20. The van der Waals surface area contributed by atoms with Gasteiger partial charge in [-0.15, -0.1) is 0 Å². The number of aliphatic hydroxyl groups is 1. The Morgan fingerprint density at radius 2 is 2.39 bits per heavy atom. The fourth-order valence-electron chi connectivity index (χ4n) is 2.17. The Labute approximate surface area is 112 Å². The lowest BCUT2D eigenvalue weighted by Crippen LogP contribution is -2.37. The smallest absolute Gasteiger partial charge is 0.219 e. The van der Waals surface area contributed by atoms with Crippen molar-refractivity contribution in [2.75, 3.05) is 38.0 Å². The molecule has 1 aromatic rings. The van der Waals surface area contributed by atoms with E-state index >= 15 is 0 Å². The predicted molar refractivity (Wildman–Crippen MR) is 72.4 cm³/mol. The molecule has 0 radical (unpaired) electrons. The van der Waals surface area contributed by atoms with Crippen LogP contribution in [0, 0.1) is 5.92 Å². The maximum Gasteiger partial charge on any atom is 0.219 e. The van der Waals surface area contributed by atoms with Gasteiger partial charge in [-0.1, -0.05) is 11.8 Å². The molecule has 100 valence electrons. The molecule has 1 aliphatic heterocycles. The molecule has 1 N–H and O–H groups in total. The van der Waals surface area contributed by atoms with Crippen LogP contribution in [0.1, 0.15) is 12.8 Å². The first-order valence-corrected chi connectivity index (χ1v) is 7.32. The van der Waals surface area contributed by atoms with E-state index in [1.807, 2.05) is 12.3 Å². The highest BCUT2D eigenvalue weighted by Gasteiger charge is 2.21. The average molecular weight is 269 g/mol. The molecule has 5 nitrogen and oxygen atoms in total. The van der Waals surface area contributed by atoms with Gasteiger partial charge in [0, 0.05) is 25.8 Å². The number of hydrogen-bond acceptors (Lipinski definition) is 6. The van der Waals surface area contributed by atoms with E-state index in [1.54, 1.807) is 7.11 Å². The van der Waals surface area contributed by atoms with Gasteiger partial charge in [0.25, 0.3) is 0 Å². The average Bonchev–Trinajstić information content (AvgIpc) is 2.46. The Morgan fingerprint density at radius 3 is 3.06 bits per heavy atom. The van der Waals surface area contributed by atoms with Crippen molar-refractivity contribution in [3.63, 3.8) is 0 Å². The van der Waals surface area contributed by atoms with Crippen LogP contribution < -0.4 is 9.64 Å². The van der Waals surface area contributed by atoms with Gasteiger partial charge < -0.3 is 14.7 Å². The monoisotopic (exact) mass is 269 g/mol. The first kappa shape index (κ1) is 13.4. The van der Waals surface area contributed by atoms with Crippen LogP contribution in [-0.4, -0.2) is 48.1 Å². The molecule has 0 saturated carbocycles. The van der Waals surface area contributed by atoms with Gasteiger partial charge in [0.05, 0.1) is 7.11 Å². The molecule has 2 heterocycles. The maximum absolute atomic E-state index is 9.27. The zero-order valence-corrected chi connectivity index (χ0v) is 11.6. The molecule has 0 aromatic carbocycles. The molecule has 1 saturated heterocycles. The van der Waals surface area contributed by atoms with Crippen molar-refractivity contribution in [2.45, 2.75) is 18.0 Å². The highest BCUT2D eigenvalue weighted by Crippen LogP contribution is 2.25. The molecule has 1 aliphatic rings. The van der Waals surface area contributed by atoms with Crippen molar-refractivity contribution in [3.05, 3.63) is 6.07 Å². The minimum Gasteiger partial charge on any atom is -0.481 e. The number of hydrogen-bond donors (Lipinski definition) is 1. The third-order valence-electron chi connectivity index (χ3n) is 3.16. The van der Waals surface area contributed by atoms with Gasteiger partial charge in [-0.05, 0) is 25.0 Å². The second-order valence-electron chi connectivity index (χ2n) is 4.39. The van der Waals surface area contributed by atoms with Crippen molar-refractivity contribution >= 4 is 17.6 Å². The molecule has 18 heavy (non-hydrogen) atoms. The number of aliphatic hydroxyl groups excluding tert-OH is 1. The summed E-state index contributed by atoms with van der Waals surface area (Å²) in [6.45, 7) is 2.07. The van der Waals surface area contributed by atoms with Crippen molar-refractivity contribution in [1.29, 1.82) is 0 Å². The van der Waals surface area contributed by atoms with E-state index in [1.165, 1.54) is 11.8 Å². The summed E-state index contributed by atoms with van der Waals surface area (Å²) in [6, 6.07) is 1.86. The summed E-state index contributed by atoms with van der Waals surface area (Å²) in [5, 5.41) is 9.99. The summed E-state index contributed by atoms with van der Waals surface area (Å²) in [5.74, 6) is 1.83. The Morgan fingerprint density at radius 1 is 1.56 bits per heavy atom. The minimum absolute atomic E-state index is 0.244. The molecule has 0 aliphatic carbocycles. The lowest BCUT2D eigenvalue weighted by atomic mass is 9.99. The SMILES string of the molecule is COc1cc(N2CCC[C@@H](CO)C2)nc(SC)n1. The number of methoxy groups -OCH3 is 1. The number of rotatable bonds is 4. The van der Waals surface area contributed by atoms with Crippen LogP contribution in [0.25, 0.3) is 0 Å². The lowest BCUT2D eigenvalue weighted by Gasteiger charge is -2.32. The second-order valence-corrected chi connectivity index (χ2v) is 5.17. The van der Waals surface area contributed by atoms with Crippen molar-refractivity contribution in [1.82, 2.24) is 9.97 Å². The van der Waals surface area contributed by atoms with E-state index < -0.39 is 0 Å². The van der Waals surface area contributed by atoms with Gasteiger partial charge in [0.2, 0.25) is 5.88 Å². The fraction of sp³-hybridized carbons (Fsp3) is 0.667. The first-order valence-electron chi connectivity index (χ1n) is 6.09. The van der Waals surface area contributed by atoms with Crippen LogP contribution in [0.5, 0.6) is 5.88 Å². The number of aromatic nitrogens is 2. The number of ether oxygens (including phenoxy) is 1. The Kier molecular flexibility index (Phi) is 4.66. The van der Waals surface area contributed by atoms with Crippen LogP contribution in [0.4, 0.5) is 5.82 Å². The summed E-state index contributed by atoms with van der Waals surface area (Å²) in [6.07, 6.45) is 4.13. The molecule has 0 amide bonds. The van der Waals surface area contributed by atoms with Gasteiger partial charge in [-0.3, -0.25) is 0 Å². The van der Waals surface area contributed by atoms with E-state index in [0.717, 1.165) is 36.9 Å². The minimum atomic E-state index is 0.244. The molecular formula is C12H19N3O2S. The topological polar surface area (TPSA) is 58.5 Å². The number of nitrogens with zero attached hydrogens (tertiary/aromatic N) is 3. The van der Waals surface area contributed by atoms with Gasteiger partial charge in [-0.25, -0.2) is 4.98 Å². The van der Waals surface area contributed by atoms with E-state index in [4.69, 9.17) is 4.74 Å². The standard InChI is InChI=1S/C12H19N3O2S/c1-17-11-6-10(13-12(14-11)18-2)15-5-3-4-9(7-15)8-16/h6,9,16H,3-5,7-8H2,1-2H3/t9-/m1/s1. The molecule has 0 spiro atoms. The molecule has 6 heteroatoms. The highest BCUT2D eigenvalue weighted by atomic mass is 32.2. The van der Waals surface area contributed by atoms with Crippen LogP contribution in [0.3, 0.4) is 0 Å². The number of anilines is 1. The second kappa shape index (κ2) is 6.24. The van der Waals surface area contributed by atoms with Crippen molar-refractivity contribution in [2.24, 2.45) is 5.92 Å². The third-order valence-corrected chi connectivity index (χ3v) is 3.71. The Hall–Kier alpha value is -1.01. The molecular weight excluding hydrogens is 250 g/mol. The highest BCUT2D eigenvalue weighted by molar-refractivity contribution is 7.98. The zero-order chi connectivity index (χ0) is 13.0. The van der Waals surface area contributed by atoms with Gasteiger partial charge in [0.15, 0.2) is 5.16 Å². The molecule has 1 fully saturated rings. The third kappa shape index (κ3) is 3.05. The molecule has 2 rings (SSSR count). The number of thioether (sulfide) groups is 1. The fourth-order valence-corrected chi connectivity index (χ4v) is 2.54. The van der Waals surface area contributed by atoms with Gasteiger partial charge in [-0.2, -0.15) is 4.98 Å². The summed E-state index contributed by atoms with van der Waals surface area (Å²) in [7, 11) is 1.61. The summed E-state index contributed by atoms with van der Waals surface area (Å²) in [4.78, 5) is 11.0. The van der Waals surface area contributed by atoms with Gasteiger partial charge in [0.1, 0.15) is 5.82 Å². The molecule has 0 unspecified atom stereocenters. The van der Waals surface area contributed by atoms with Crippen LogP contribution in [0.15, 0.2) is 11.2 Å². The quantitative estimate of drug-likeness (QED) is 0.659. The molecule has 1 atom stereocenters. The number of piperidine rings is 1. The largest absolute Gasteiger partial charge is 0.481 e. The predicted octanol–water partition coefficient (Wildman–Crippen LogP) is 1.42. The normalized spacial score (nSPS) is 19.9. The summed E-state index contributed by atoms with van der Waals surface area (Å²) in [5.41, 5.74) is 0. The first-order chi connectivity index (χ1) is 8.76. The van der Waals surface area contributed by atoms with Crippen LogP contribution in [0.2, 0.25) is 0 Å². The van der Waals surface area contributed by atoms with Gasteiger partial charge >= 0.3 is 0 Å². The summed E-state index contributed by atoms with van der Waals surface area (Å²) >= 11 is 1.50. The lowest BCUT2D eigenvalue weighted by molar-refractivity contribution is 0.208. The van der Waals surface area contributed by atoms with Crippen molar-refractivity contribution in [3.8, 4) is 5.88 Å². The molecule has 1 aromatic heterocycles. The Bertz CT molecular complexity index is 381. The van der Waals surface area contributed by atoms with Crippen molar-refractivity contribution < 1.29 is 9.84 Å². The Balaban J connectivity index is 2.20. The van der Waals surface area contributed by atoms with E-state index in [2.05, 4.69) is 14.9 Å². The van der Waals surface area contributed by atoms with E-state index in [-0.39, 0.29) is 6.61 Å². The van der Waals surface area contributed by atoms with E-state index in [0.29, 0.717) is 11.8 Å². The zero-order valence-electron chi connectivity index (χ0n) is 10.8. The van der Waals surface area contributed by atoms with Crippen LogP contribution >= 0.6 is 11.8 Å². The maximum atomic E-state index is 9.27. The molecule has 0 bridgehead atoms. The van der Waals surface area contributed by atoms with Crippen LogP contribution in [-0.2, 0) is 0 Å².